The molecule has 7 heteroatoms. The van der Waals surface area contributed by atoms with E-state index in [2.05, 4.69) is 15.9 Å². The minimum atomic E-state index is -3.69. The Morgan fingerprint density at radius 2 is 1.79 bits per heavy atom. The summed E-state index contributed by atoms with van der Waals surface area (Å²) in [6.45, 7) is 1.91. The third kappa shape index (κ3) is 2.75. The molecule has 3 rings (SSSR count). The van der Waals surface area contributed by atoms with Gasteiger partial charge in [0.05, 0.1) is 24.8 Å². The standard InChI is InChI=1S/C17H18BrNO4S/c1-11-8-12-9-13(18)4-6-15(12)19(11)24(20,21)14-5-7-16(22-2)17(10-14)23-3/h4-7,9-11H,8H2,1-3H3/t11-/m0/s1. The van der Waals surface area contributed by atoms with Crippen LogP contribution in [0.15, 0.2) is 45.8 Å². The largest absolute Gasteiger partial charge is 0.493 e. The summed E-state index contributed by atoms with van der Waals surface area (Å²) in [7, 11) is -0.687. The number of hydrogen-bond donors (Lipinski definition) is 0. The molecule has 0 amide bonds. The summed E-state index contributed by atoms with van der Waals surface area (Å²) < 4.78 is 39.2. The van der Waals surface area contributed by atoms with Crippen LogP contribution in [0.3, 0.4) is 0 Å². The maximum absolute atomic E-state index is 13.2. The molecule has 128 valence electrons. The van der Waals surface area contributed by atoms with Gasteiger partial charge in [0.1, 0.15) is 0 Å². The highest BCUT2D eigenvalue weighted by atomic mass is 79.9. The molecule has 0 saturated carbocycles. The fourth-order valence-corrected chi connectivity index (χ4v) is 5.15. The molecule has 0 aromatic heterocycles. The number of nitrogens with zero attached hydrogens (tertiary/aromatic N) is 1. The number of hydrogen-bond acceptors (Lipinski definition) is 4. The summed E-state index contributed by atoms with van der Waals surface area (Å²) in [4.78, 5) is 0.183. The van der Waals surface area contributed by atoms with Crippen LogP contribution in [0.5, 0.6) is 11.5 Å². The molecule has 0 aliphatic carbocycles. The van der Waals surface area contributed by atoms with Crippen LogP contribution >= 0.6 is 15.9 Å². The number of halogens is 1. The second-order valence-corrected chi connectivity index (χ2v) is 8.37. The Balaban J connectivity index is 2.09. The van der Waals surface area contributed by atoms with Crippen LogP contribution in [0.4, 0.5) is 5.69 Å². The van der Waals surface area contributed by atoms with Gasteiger partial charge in [-0.15, -0.1) is 0 Å². The van der Waals surface area contributed by atoms with Gasteiger partial charge in [-0.1, -0.05) is 15.9 Å². The number of benzene rings is 2. The Morgan fingerprint density at radius 3 is 2.46 bits per heavy atom. The molecule has 1 heterocycles. The van der Waals surface area contributed by atoms with Gasteiger partial charge in [0, 0.05) is 16.6 Å². The van der Waals surface area contributed by atoms with Crippen molar-refractivity contribution < 1.29 is 17.9 Å². The van der Waals surface area contributed by atoms with Gasteiger partial charge in [-0.25, -0.2) is 8.42 Å². The van der Waals surface area contributed by atoms with Crippen molar-refractivity contribution in [2.75, 3.05) is 18.5 Å². The summed E-state index contributed by atoms with van der Waals surface area (Å²) in [6.07, 6.45) is 0.682. The van der Waals surface area contributed by atoms with Crippen molar-refractivity contribution in [1.82, 2.24) is 0 Å². The van der Waals surface area contributed by atoms with Crippen molar-refractivity contribution in [2.24, 2.45) is 0 Å². The van der Waals surface area contributed by atoms with Crippen molar-refractivity contribution in [2.45, 2.75) is 24.3 Å². The summed E-state index contributed by atoms with van der Waals surface area (Å²) in [5, 5.41) is 0. The summed E-state index contributed by atoms with van der Waals surface area (Å²) >= 11 is 3.44. The molecule has 0 bridgehead atoms. The summed E-state index contributed by atoms with van der Waals surface area (Å²) in [5.41, 5.74) is 1.74. The van der Waals surface area contributed by atoms with E-state index in [-0.39, 0.29) is 10.9 Å². The molecule has 24 heavy (non-hydrogen) atoms. The molecule has 0 N–H and O–H groups in total. The molecule has 0 fully saturated rings. The molecular weight excluding hydrogens is 394 g/mol. The first-order chi connectivity index (χ1) is 11.4. The number of methoxy groups -OCH3 is 2. The quantitative estimate of drug-likeness (QED) is 0.770. The summed E-state index contributed by atoms with van der Waals surface area (Å²) in [5.74, 6) is 0.886. The van der Waals surface area contributed by atoms with Crippen molar-refractivity contribution in [3.05, 3.63) is 46.4 Å². The maximum atomic E-state index is 13.2. The number of rotatable bonds is 4. The number of anilines is 1. The van der Waals surface area contributed by atoms with Crippen LogP contribution in [0, 0.1) is 0 Å². The van der Waals surface area contributed by atoms with Crippen LogP contribution in [-0.2, 0) is 16.4 Å². The van der Waals surface area contributed by atoms with Crippen LogP contribution in [0.25, 0.3) is 0 Å². The zero-order valence-electron chi connectivity index (χ0n) is 13.6. The van der Waals surface area contributed by atoms with Crippen LogP contribution in [-0.4, -0.2) is 28.7 Å². The molecule has 5 nitrogen and oxygen atoms in total. The fourth-order valence-electron chi connectivity index (χ4n) is 3.03. The zero-order chi connectivity index (χ0) is 17.5. The molecule has 2 aromatic rings. The SMILES string of the molecule is COc1ccc(S(=O)(=O)N2c3ccc(Br)cc3C[C@@H]2C)cc1OC. The minimum absolute atomic E-state index is 0.146. The van der Waals surface area contributed by atoms with Gasteiger partial charge in [0.25, 0.3) is 10.0 Å². The number of sulfonamides is 1. The van der Waals surface area contributed by atoms with Gasteiger partial charge >= 0.3 is 0 Å². The third-order valence-corrected chi connectivity index (χ3v) is 6.52. The van der Waals surface area contributed by atoms with Gasteiger partial charge in [0.15, 0.2) is 11.5 Å². The normalized spacial score (nSPS) is 16.8. The van der Waals surface area contributed by atoms with Crippen LogP contribution in [0.1, 0.15) is 12.5 Å². The molecule has 0 spiro atoms. The van der Waals surface area contributed by atoms with Crippen molar-refractivity contribution in [3.63, 3.8) is 0 Å². The van der Waals surface area contributed by atoms with E-state index in [1.165, 1.54) is 24.6 Å². The number of ether oxygens (including phenoxy) is 2. The van der Waals surface area contributed by atoms with E-state index >= 15 is 0 Å². The second-order valence-electron chi connectivity index (χ2n) is 5.64. The molecular formula is C17H18BrNO4S. The molecule has 0 saturated heterocycles. The summed E-state index contributed by atoms with van der Waals surface area (Å²) in [6, 6.07) is 10.2. The number of fused-ring (bicyclic) bond motifs is 1. The molecule has 1 aliphatic rings. The molecule has 2 aromatic carbocycles. The first-order valence-electron chi connectivity index (χ1n) is 7.43. The second kappa shape index (κ2) is 6.29. The average molecular weight is 412 g/mol. The van der Waals surface area contributed by atoms with E-state index in [1.807, 2.05) is 25.1 Å². The van der Waals surface area contributed by atoms with E-state index in [9.17, 15) is 8.42 Å². The molecule has 1 atom stereocenters. The van der Waals surface area contributed by atoms with E-state index in [0.29, 0.717) is 17.9 Å². The van der Waals surface area contributed by atoms with Gasteiger partial charge in [-0.3, -0.25) is 4.31 Å². The van der Waals surface area contributed by atoms with E-state index in [4.69, 9.17) is 9.47 Å². The van der Waals surface area contributed by atoms with Crippen LogP contribution < -0.4 is 13.8 Å². The highest BCUT2D eigenvalue weighted by molar-refractivity contribution is 9.10. The van der Waals surface area contributed by atoms with Gasteiger partial charge in [-0.2, -0.15) is 0 Å². The lowest BCUT2D eigenvalue weighted by molar-refractivity contribution is 0.354. The van der Waals surface area contributed by atoms with Gasteiger partial charge in [0.2, 0.25) is 0 Å². The Bertz CT molecular complexity index is 882. The highest BCUT2D eigenvalue weighted by Gasteiger charge is 2.36. The van der Waals surface area contributed by atoms with E-state index in [1.54, 1.807) is 12.1 Å². The monoisotopic (exact) mass is 411 g/mol. The molecule has 1 aliphatic heterocycles. The topological polar surface area (TPSA) is 55.8 Å². The molecule has 0 radical (unpaired) electrons. The average Bonchev–Trinajstić information content (AvgIpc) is 2.89. The van der Waals surface area contributed by atoms with Gasteiger partial charge < -0.3 is 9.47 Å². The predicted molar refractivity (Wildman–Crippen MR) is 96.5 cm³/mol. The van der Waals surface area contributed by atoms with Crippen LogP contribution in [0.2, 0.25) is 0 Å². The first-order valence-corrected chi connectivity index (χ1v) is 9.66. The lowest BCUT2D eigenvalue weighted by Crippen LogP contribution is -2.35. The smallest absolute Gasteiger partial charge is 0.264 e. The van der Waals surface area contributed by atoms with Crippen molar-refractivity contribution >= 4 is 31.6 Å². The fraction of sp³-hybridized carbons (Fsp3) is 0.294. The Labute approximate surface area is 150 Å². The first kappa shape index (κ1) is 17.1. The Morgan fingerprint density at radius 1 is 1.08 bits per heavy atom. The predicted octanol–water partition coefficient (Wildman–Crippen LogP) is 3.61. The zero-order valence-corrected chi connectivity index (χ0v) is 16.0. The maximum Gasteiger partial charge on any atom is 0.264 e. The third-order valence-electron chi connectivity index (χ3n) is 4.11. The highest BCUT2D eigenvalue weighted by Crippen LogP contribution is 2.39. The lowest BCUT2D eigenvalue weighted by Gasteiger charge is -2.25. The van der Waals surface area contributed by atoms with Crippen molar-refractivity contribution in [1.29, 1.82) is 0 Å². The van der Waals surface area contributed by atoms with E-state index in [0.717, 1.165) is 15.7 Å². The van der Waals surface area contributed by atoms with E-state index < -0.39 is 10.0 Å². The van der Waals surface area contributed by atoms with Gasteiger partial charge in [-0.05, 0) is 49.2 Å². The molecule has 0 unspecified atom stereocenters. The Hall–Kier alpha value is -1.73. The minimum Gasteiger partial charge on any atom is -0.493 e. The van der Waals surface area contributed by atoms with Crippen molar-refractivity contribution in [3.8, 4) is 11.5 Å². The lowest BCUT2D eigenvalue weighted by atomic mass is 10.1. The Kier molecular flexibility index (Phi) is 4.48.